The molecule has 1 aliphatic rings. The van der Waals surface area contributed by atoms with Crippen LogP contribution in [0.25, 0.3) is 0 Å². The number of carbonyl (C=O) groups excluding carboxylic acids is 2. The summed E-state index contributed by atoms with van der Waals surface area (Å²) < 4.78 is 0. The number of aliphatic hydroxyl groups excluding tert-OH is 1. The van der Waals surface area contributed by atoms with Crippen molar-refractivity contribution in [1.82, 2.24) is 5.32 Å². The van der Waals surface area contributed by atoms with Crippen molar-refractivity contribution in [2.24, 2.45) is 0 Å². The van der Waals surface area contributed by atoms with Gasteiger partial charge in [-0.3, -0.25) is 9.59 Å². The van der Waals surface area contributed by atoms with Crippen molar-refractivity contribution in [2.45, 2.75) is 26.4 Å². The molecule has 0 atom stereocenters. The van der Waals surface area contributed by atoms with Crippen molar-refractivity contribution in [3.05, 3.63) is 64.7 Å². The van der Waals surface area contributed by atoms with E-state index >= 15 is 0 Å². The van der Waals surface area contributed by atoms with Crippen LogP contribution in [0.4, 0.5) is 5.69 Å². The number of carbonyl (C=O) groups is 2. The average molecular weight is 338 g/mol. The van der Waals surface area contributed by atoms with E-state index in [-0.39, 0.29) is 6.61 Å². The zero-order valence-electron chi connectivity index (χ0n) is 14.3. The van der Waals surface area contributed by atoms with Crippen LogP contribution in [0.15, 0.2) is 42.5 Å². The van der Waals surface area contributed by atoms with Crippen molar-refractivity contribution >= 4 is 17.5 Å². The highest BCUT2D eigenvalue weighted by atomic mass is 16.3. The SMILES string of the molecule is Cc1cccc2c1CCN2C(=O)C(=O)NCCc1ccc(CO)cc1. The van der Waals surface area contributed by atoms with E-state index in [0.29, 0.717) is 19.5 Å². The number of anilines is 1. The number of amides is 2. The molecule has 3 rings (SSSR count). The van der Waals surface area contributed by atoms with E-state index in [2.05, 4.69) is 5.32 Å². The summed E-state index contributed by atoms with van der Waals surface area (Å²) in [6, 6.07) is 13.4. The Morgan fingerprint density at radius 2 is 1.84 bits per heavy atom. The lowest BCUT2D eigenvalue weighted by Crippen LogP contribution is -2.43. The van der Waals surface area contributed by atoms with Crippen molar-refractivity contribution in [3.8, 4) is 0 Å². The van der Waals surface area contributed by atoms with E-state index in [9.17, 15) is 9.59 Å². The molecule has 0 unspecified atom stereocenters. The van der Waals surface area contributed by atoms with Gasteiger partial charge in [0.05, 0.1) is 6.61 Å². The van der Waals surface area contributed by atoms with Gasteiger partial charge in [0, 0.05) is 18.8 Å². The molecule has 25 heavy (non-hydrogen) atoms. The number of benzene rings is 2. The Morgan fingerprint density at radius 1 is 1.12 bits per heavy atom. The summed E-state index contributed by atoms with van der Waals surface area (Å²) in [4.78, 5) is 26.2. The molecule has 0 radical (unpaired) electrons. The summed E-state index contributed by atoms with van der Waals surface area (Å²) in [5.41, 5.74) is 5.05. The van der Waals surface area contributed by atoms with Crippen LogP contribution in [0.5, 0.6) is 0 Å². The van der Waals surface area contributed by atoms with Crippen molar-refractivity contribution < 1.29 is 14.7 Å². The van der Waals surface area contributed by atoms with Crippen LogP contribution in [-0.2, 0) is 29.0 Å². The Hall–Kier alpha value is -2.66. The summed E-state index contributed by atoms with van der Waals surface area (Å²) in [6.07, 6.45) is 1.43. The molecule has 0 fully saturated rings. The fraction of sp³-hybridized carbons (Fsp3) is 0.300. The number of hydrogen-bond acceptors (Lipinski definition) is 3. The van der Waals surface area contributed by atoms with Crippen LogP contribution in [0, 0.1) is 6.92 Å². The predicted octanol–water partition coefficient (Wildman–Crippen LogP) is 1.74. The molecule has 2 aromatic rings. The van der Waals surface area contributed by atoms with Gasteiger partial charge in [0.15, 0.2) is 0 Å². The third kappa shape index (κ3) is 3.72. The second kappa shape index (κ2) is 7.49. The Bertz CT molecular complexity index is 784. The first-order valence-corrected chi connectivity index (χ1v) is 8.47. The smallest absolute Gasteiger partial charge is 0.316 e. The standard InChI is InChI=1S/C20H22N2O3/c1-14-3-2-4-18-17(14)10-12-22(18)20(25)19(24)21-11-9-15-5-7-16(13-23)8-6-15/h2-8,23H,9-13H2,1H3,(H,21,24). The maximum atomic E-state index is 12.4. The van der Waals surface area contributed by atoms with Gasteiger partial charge in [0.2, 0.25) is 0 Å². The van der Waals surface area contributed by atoms with Crippen LogP contribution in [-0.4, -0.2) is 30.0 Å². The highest BCUT2D eigenvalue weighted by Gasteiger charge is 2.29. The van der Waals surface area contributed by atoms with Gasteiger partial charge in [-0.15, -0.1) is 0 Å². The second-order valence-corrected chi connectivity index (χ2v) is 6.26. The predicted molar refractivity (Wildman–Crippen MR) is 96.3 cm³/mol. The van der Waals surface area contributed by atoms with Crippen LogP contribution in [0.3, 0.4) is 0 Å². The van der Waals surface area contributed by atoms with E-state index in [4.69, 9.17) is 5.11 Å². The van der Waals surface area contributed by atoms with E-state index < -0.39 is 11.8 Å². The molecule has 1 aliphatic heterocycles. The molecule has 5 nitrogen and oxygen atoms in total. The van der Waals surface area contributed by atoms with Crippen LogP contribution >= 0.6 is 0 Å². The van der Waals surface area contributed by atoms with Crippen molar-refractivity contribution in [3.63, 3.8) is 0 Å². The summed E-state index contributed by atoms with van der Waals surface area (Å²) in [5, 5.41) is 11.7. The summed E-state index contributed by atoms with van der Waals surface area (Å²) in [6.45, 7) is 2.99. The highest BCUT2D eigenvalue weighted by molar-refractivity contribution is 6.40. The number of aliphatic hydroxyl groups is 1. The monoisotopic (exact) mass is 338 g/mol. The molecule has 5 heteroatoms. The maximum Gasteiger partial charge on any atom is 0.316 e. The Balaban J connectivity index is 1.55. The number of fused-ring (bicyclic) bond motifs is 1. The maximum absolute atomic E-state index is 12.4. The minimum atomic E-state index is -0.568. The Labute approximate surface area is 147 Å². The molecule has 2 amide bonds. The summed E-state index contributed by atoms with van der Waals surface area (Å²) >= 11 is 0. The lowest BCUT2D eigenvalue weighted by atomic mass is 10.1. The zero-order valence-corrected chi connectivity index (χ0v) is 14.3. The summed E-state index contributed by atoms with van der Waals surface area (Å²) in [5.74, 6) is -1.07. The van der Waals surface area contributed by atoms with Crippen LogP contribution in [0.2, 0.25) is 0 Å². The highest BCUT2D eigenvalue weighted by Crippen LogP contribution is 2.30. The first kappa shape index (κ1) is 17.2. The quantitative estimate of drug-likeness (QED) is 0.834. The summed E-state index contributed by atoms with van der Waals surface area (Å²) in [7, 11) is 0. The van der Waals surface area contributed by atoms with Crippen molar-refractivity contribution in [1.29, 1.82) is 0 Å². The number of nitrogens with zero attached hydrogens (tertiary/aromatic N) is 1. The molecule has 0 aliphatic carbocycles. The van der Waals surface area contributed by atoms with E-state index in [0.717, 1.165) is 34.4 Å². The van der Waals surface area contributed by atoms with E-state index in [1.54, 1.807) is 4.90 Å². The van der Waals surface area contributed by atoms with Crippen LogP contribution in [0.1, 0.15) is 22.3 Å². The van der Waals surface area contributed by atoms with E-state index in [1.807, 2.05) is 49.4 Å². The van der Waals surface area contributed by atoms with Gasteiger partial charge in [-0.25, -0.2) is 0 Å². The average Bonchev–Trinajstić information content (AvgIpc) is 3.07. The molecular weight excluding hydrogens is 316 g/mol. The molecule has 2 N–H and O–H groups in total. The van der Waals surface area contributed by atoms with Gasteiger partial charge in [-0.1, -0.05) is 36.4 Å². The molecular formula is C20H22N2O3. The van der Waals surface area contributed by atoms with Gasteiger partial charge < -0.3 is 15.3 Å². The third-order valence-electron chi connectivity index (χ3n) is 4.61. The zero-order chi connectivity index (χ0) is 17.8. The minimum absolute atomic E-state index is 0.0162. The molecule has 1 heterocycles. The Morgan fingerprint density at radius 3 is 2.56 bits per heavy atom. The fourth-order valence-corrected chi connectivity index (χ4v) is 3.15. The van der Waals surface area contributed by atoms with Crippen molar-refractivity contribution in [2.75, 3.05) is 18.0 Å². The van der Waals surface area contributed by atoms with Gasteiger partial charge >= 0.3 is 11.8 Å². The lowest BCUT2D eigenvalue weighted by Gasteiger charge is -2.17. The minimum Gasteiger partial charge on any atom is -0.392 e. The lowest BCUT2D eigenvalue weighted by molar-refractivity contribution is -0.137. The third-order valence-corrected chi connectivity index (χ3v) is 4.61. The molecule has 0 saturated heterocycles. The number of hydrogen-bond donors (Lipinski definition) is 2. The number of aryl methyl sites for hydroxylation is 1. The molecule has 0 aromatic heterocycles. The molecule has 130 valence electrons. The second-order valence-electron chi connectivity index (χ2n) is 6.26. The van der Waals surface area contributed by atoms with E-state index in [1.165, 1.54) is 0 Å². The number of rotatable bonds is 4. The molecule has 2 aromatic carbocycles. The van der Waals surface area contributed by atoms with Gasteiger partial charge in [-0.05, 0) is 48.1 Å². The normalized spacial score (nSPS) is 12.8. The van der Waals surface area contributed by atoms with Gasteiger partial charge in [0.25, 0.3) is 0 Å². The topological polar surface area (TPSA) is 69.6 Å². The number of nitrogens with one attached hydrogen (secondary N) is 1. The van der Waals surface area contributed by atoms with Crippen LogP contribution < -0.4 is 10.2 Å². The molecule has 0 spiro atoms. The Kier molecular flexibility index (Phi) is 5.14. The van der Waals surface area contributed by atoms with Gasteiger partial charge in [0.1, 0.15) is 0 Å². The first-order chi connectivity index (χ1) is 12.1. The first-order valence-electron chi connectivity index (χ1n) is 8.47. The fourth-order valence-electron chi connectivity index (χ4n) is 3.15. The largest absolute Gasteiger partial charge is 0.392 e. The molecule has 0 bridgehead atoms. The van der Waals surface area contributed by atoms with Gasteiger partial charge in [-0.2, -0.15) is 0 Å². The molecule has 0 saturated carbocycles.